The minimum absolute atomic E-state index is 0.137. The van der Waals surface area contributed by atoms with Crippen molar-refractivity contribution < 1.29 is 14.0 Å². The van der Waals surface area contributed by atoms with Crippen molar-refractivity contribution in [2.24, 2.45) is 9.98 Å². The van der Waals surface area contributed by atoms with Gasteiger partial charge in [0.05, 0.1) is 29.2 Å². The van der Waals surface area contributed by atoms with Crippen molar-refractivity contribution in [3.05, 3.63) is 99.5 Å². The second-order valence-corrected chi connectivity index (χ2v) is 10.3. The van der Waals surface area contributed by atoms with E-state index >= 15 is 0 Å². The first kappa shape index (κ1) is 25.1. The summed E-state index contributed by atoms with van der Waals surface area (Å²) in [6, 6.07) is 15.1. The Morgan fingerprint density at radius 1 is 1.13 bits per heavy atom. The lowest BCUT2D eigenvalue weighted by Gasteiger charge is -2.25. The van der Waals surface area contributed by atoms with E-state index in [9.17, 15) is 14.4 Å². The molecule has 0 saturated heterocycles. The van der Waals surface area contributed by atoms with E-state index in [1.54, 1.807) is 30.5 Å². The monoisotopic (exact) mass is 560 g/mol. The second kappa shape index (κ2) is 10.5. The average molecular weight is 561 g/mol. The van der Waals surface area contributed by atoms with E-state index < -0.39 is 6.04 Å². The minimum Gasteiger partial charge on any atom is -0.467 e. The van der Waals surface area contributed by atoms with Gasteiger partial charge in [-0.1, -0.05) is 35.5 Å². The Balaban J connectivity index is 1.19. The summed E-state index contributed by atoms with van der Waals surface area (Å²) in [7, 11) is 0. The molecule has 2 aliphatic heterocycles. The molecular formula is C27H21ClN6O4S. The molecule has 0 radical (unpaired) electrons. The molecule has 1 atom stereocenters. The first-order valence-corrected chi connectivity index (χ1v) is 13.5. The number of pyridine rings is 1. The number of furan rings is 1. The number of hydrogen-bond acceptors (Lipinski definition) is 8. The maximum absolute atomic E-state index is 13.5. The van der Waals surface area contributed by atoms with Crippen molar-refractivity contribution in [1.82, 2.24) is 19.6 Å². The van der Waals surface area contributed by atoms with Crippen LogP contribution in [0.1, 0.15) is 29.9 Å². The van der Waals surface area contributed by atoms with Crippen molar-refractivity contribution in [2.45, 2.75) is 31.2 Å². The number of amidine groups is 2. The number of aromatic nitrogens is 2. The summed E-state index contributed by atoms with van der Waals surface area (Å²) < 4.78 is 6.62. The fraction of sp³-hybridized carbons (Fsp3) is 0.185. The lowest BCUT2D eigenvalue weighted by Crippen LogP contribution is -2.41. The smallest absolute Gasteiger partial charge is 0.259 e. The summed E-state index contributed by atoms with van der Waals surface area (Å²) in [4.78, 5) is 53.9. The predicted molar refractivity (Wildman–Crippen MR) is 148 cm³/mol. The van der Waals surface area contributed by atoms with E-state index in [1.165, 1.54) is 33.3 Å². The zero-order valence-corrected chi connectivity index (χ0v) is 22.0. The number of carbonyl (C=O) groups excluding carboxylic acids is 2. The van der Waals surface area contributed by atoms with E-state index in [4.69, 9.17) is 26.0 Å². The molecule has 2 aliphatic rings. The SMILES string of the molecule is O=C(CC[C@H]1N=C2c3ccccc3N=C(SCc3cc(=O)n4cc(Cl)ccc4n3)N2C1=O)NCc1ccco1. The number of benzene rings is 1. The number of rotatable bonds is 7. The first-order valence-electron chi connectivity index (χ1n) is 12.2. The third-order valence-electron chi connectivity index (χ3n) is 6.26. The van der Waals surface area contributed by atoms with Gasteiger partial charge in [-0.3, -0.25) is 23.8 Å². The first-order chi connectivity index (χ1) is 19.0. The summed E-state index contributed by atoms with van der Waals surface area (Å²) in [6.45, 7) is 0.283. The summed E-state index contributed by atoms with van der Waals surface area (Å²) in [6.07, 6.45) is 3.46. The van der Waals surface area contributed by atoms with E-state index in [0.717, 1.165) is 5.56 Å². The van der Waals surface area contributed by atoms with E-state index in [2.05, 4.69) is 10.3 Å². The van der Waals surface area contributed by atoms with Crippen LogP contribution in [0.15, 0.2) is 86.3 Å². The van der Waals surface area contributed by atoms with Crippen LogP contribution in [-0.2, 0) is 21.9 Å². The van der Waals surface area contributed by atoms with Gasteiger partial charge in [0.2, 0.25) is 5.91 Å². The number of aliphatic imine (C=N–C) groups is 2. The summed E-state index contributed by atoms with van der Waals surface area (Å²) in [5, 5.41) is 3.68. The molecule has 4 aromatic rings. The van der Waals surface area contributed by atoms with Gasteiger partial charge >= 0.3 is 0 Å². The van der Waals surface area contributed by atoms with Crippen LogP contribution >= 0.6 is 23.4 Å². The molecule has 5 heterocycles. The van der Waals surface area contributed by atoms with Crippen LogP contribution in [0.3, 0.4) is 0 Å². The highest BCUT2D eigenvalue weighted by atomic mass is 35.5. The number of nitrogens with one attached hydrogen (secondary N) is 1. The summed E-state index contributed by atoms with van der Waals surface area (Å²) in [5.74, 6) is 1.04. The van der Waals surface area contributed by atoms with Crippen LogP contribution in [0.2, 0.25) is 5.02 Å². The Bertz CT molecular complexity index is 1720. The summed E-state index contributed by atoms with van der Waals surface area (Å²) >= 11 is 7.30. The van der Waals surface area contributed by atoms with Gasteiger partial charge in [0.15, 0.2) is 5.17 Å². The van der Waals surface area contributed by atoms with Gasteiger partial charge in [0, 0.05) is 30.0 Å². The maximum atomic E-state index is 13.5. The number of carbonyl (C=O) groups is 2. The molecule has 0 spiro atoms. The average Bonchev–Trinajstić information content (AvgIpc) is 3.58. The molecule has 2 amide bonds. The van der Waals surface area contributed by atoms with Gasteiger partial charge in [-0.15, -0.1) is 0 Å². The van der Waals surface area contributed by atoms with E-state index in [0.29, 0.717) is 44.6 Å². The zero-order chi connectivity index (χ0) is 26.9. The molecule has 6 rings (SSSR count). The van der Waals surface area contributed by atoms with Crippen LogP contribution in [0.25, 0.3) is 5.65 Å². The number of fused-ring (bicyclic) bond motifs is 4. The second-order valence-electron chi connectivity index (χ2n) is 8.90. The van der Waals surface area contributed by atoms with Gasteiger partial charge in [-0.25, -0.2) is 14.9 Å². The maximum Gasteiger partial charge on any atom is 0.259 e. The van der Waals surface area contributed by atoms with Crippen molar-refractivity contribution in [3.8, 4) is 0 Å². The molecule has 1 aromatic carbocycles. The quantitative estimate of drug-likeness (QED) is 0.365. The van der Waals surface area contributed by atoms with Crippen LogP contribution in [-0.4, -0.2) is 43.1 Å². The summed E-state index contributed by atoms with van der Waals surface area (Å²) in [5.41, 5.74) is 2.21. The normalized spacial score (nSPS) is 16.1. The number of halogens is 1. The Hall–Kier alpha value is -4.22. The fourth-order valence-electron chi connectivity index (χ4n) is 4.38. The molecule has 0 unspecified atom stereocenters. The van der Waals surface area contributed by atoms with Gasteiger partial charge in [0.25, 0.3) is 11.5 Å². The van der Waals surface area contributed by atoms with Gasteiger partial charge in [0.1, 0.15) is 23.3 Å². The third kappa shape index (κ3) is 5.10. The van der Waals surface area contributed by atoms with Crippen LogP contribution in [0.5, 0.6) is 0 Å². The third-order valence-corrected chi connectivity index (χ3v) is 7.45. The number of nitrogens with zero attached hydrogens (tertiary/aromatic N) is 5. The number of amides is 2. The topological polar surface area (TPSA) is 122 Å². The van der Waals surface area contributed by atoms with Crippen molar-refractivity contribution in [2.75, 3.05) is 0 Å². The number of thioether (sulfide) groups is 1. The van der Waals surface area contributed by atoms with Crippen LogP contribution in [0.4, 0.5) is 5.69 Å². The van der Waals surface area contributed by atoms with Crippen molar-refractivity contribution in [3.63, 3.8) is 0 Å². The van der Waals surface area contributed by atoms with E-state index in [-0.39, 0.29) is 36.8 Å². The van der Waals surface area contributed by atoms with Crippen LogP contribution in [0, 0.1) is 0 Å². The standard InChI is InChI=1S/C27H21ClN6O4S/c28-16-7-9-22-30-17(12-24(36)33(22)14-16)15-39-27-32-20-6-2-1-5-19(20)25-31-21(26(37)34(25)27)8-10-23(35)29-13-18-4-3-11-38-18/h1-7,9,11-12,14,21H,8,10,13,15H2,(H,29,35)/t21-/m1/s1. The largest absolute Gasteiger partial charge is 0.467 e. The molecule has 1 N–H and O–H groups in total. The molecule has 196 valence electrons. The lowest BCUT2D eigenvalue weighted by atomic mass is 10.1. The Labute approximate surface area is 231 Å². The fourth-order valence-corrected chi connectivity index (χ4v) is 5.43. The van der Waals surface area contributed by atoms with Gasteiger partial charge in [-0.2, -0.15) is 0 Å². The van der Waals surface area contributed by atoms with Crippen molar-refractivity contribution >= 4 is 57.5 Å². The molecule has 0 saturated carbocycles. The number of hydrogen-bond donors (Lipinski definition) is 1. The highest BCUT2D eigenvalue weighted by molar-refractivity contribution is 8.13. The van der Waals surface area contributed by atoms with Crippen molar-refractivity contribution in [1.29, 1.82) is 0 Å². The Kier molecular flexibility index (Phi) is 6.76. The zero-order valence-electron chi connectivity index (χ0n) is 20.4. The molecule has 3 aromatic heterocycles. The molecule has 0 aliphatic carbocycles. The molecule has 10 nitrogen and oxygen atoms in total. The molecule has 39 heavy (non-hydrogen) atoms. The number of para-hydroxylation sites is 1. The Morgan fingerprint density at radius 3 is 2.85 bits per heavy atom. The highest BCUT2D eigenvalue weighted by Gasteiger charge is 2.41. The minimum atomic E-state index is -0.709. The lowest BCUT2D eigenvalue weighted by molar-refractivity contribution is -0.125. The molecule has 0 bridgehead atoms. The van der Waals surface area contributed by atoms with Crippen LogP contribution < -0.4 is 10.9 Å². The predicted octanol–water partition coefficient (Wildman–Crippen LogP) is 3.93. The Morgan fingerprint density at radius 2 is 2.00 bits per heavy atom. The highest BCUT2D eigenvalue weighted by Crippen LogP contribution is 2.35. The molecule has 0 fully saturated rings. The van der Waals surface area contributed by atoms with Gasteiger partial charge < -0.3 is 9.73 Å². The molecular weight excluding hydrogens is 540 g/mol. The van der Waals surface area contributed by atoms with Gasteiger partial charge in [-0.05, 0) is 42.8 Å². The van der Waals surface area contributed by atoms with E-state index in [1.807, 2.05) is 24.3 Å². The molecule has 12 heteroatoms.